The van der Waals surface area contributed by atoms with Crippen LogP contribution in [0.3, 0.4) is 0 Å². The summed E-state index contributed by atoms with van der Waals surface area (Å²) in [4.78, 5) is 36.4. The molecule has 0 unspecified atom stereocenters. The van der Waals surface area contributed by atoms with Crippen molar-refractivity contribution in [1.82, 2.24) is 9.84 Å². The van der Waals surface area contributed by atoms with Crippen LogP contribution in [-0.4, -0.2) is 49.1 Å². The van der Waals surface area contributed by atoms with Crippen LogP contribution in [0, 0.1) is 5.92 Å². The number of hydrogen-bond acceptors (Lipinski definition) is 6. The molecule has 9 nitrogen and oxygen atoms in total. The normalized spacial score (nSPS) is 15.8. The van der Waals surface area contributed by atoms with Gasteiger partial charge >= 0.3 is 12.3 Å². The lowest BCUT2D eigenvalue weighted by Crippen LogP contribution is -2.53. The number of rotatable bonds is 11. The van der Waals surface area contributed by atoms with Crippen LogP contribution in [0.25, 0.3) is 0 Å². The molecule has 1 atom stereocenters. The Balaban J connectivity index is 2.25. The topological polar surface area (TPSA) is 130 Å². The molecule has 1 aliphatic carbocycles. The number of aliphatic carboxylic acids is 1. The number of hydrazine groups is 1. The molecule has 1 fully saturated rings. The number of alkyl halides is 3. The van der Waals surface area contributed by atoms with Crippen molar-refractivity contribution in [3.8, 4) is 5.75 Å². The van der Waals surface area contributed by atoms with E-state index in [0.29, 0.717) is 17.5 Å². The molecule has 13 heteroatoms. The van der Waals surface area contributed by atoms with E-state index in [9.17, 15) is 36.0 Å². The molecule has 0 aromatic heterocycles. The summed E-state index contributed by atoms with van der Waals surface area (Å²) in [5, 5.41) is 9.43. The predicted molar refractivity (Wildman–Crippen MR) is 104 cm³/mol. The number of ether oxygens (including phenoxy) is 1. The van der Waals surface area contributed by atoms with E-state index in [4.69, 9.17) is 5.11 Å². The lowest BCUT2D eigenvalue weighted by atomic mass is 10.0. The van der Waals surface area contributed by atoms with Crippen LogP contribution in [0.2, 0.25) is 0 Å². The van der Waals surface area contributed by atoms with Crippen LogP contribution in [0.15, 0.2) is 29.2 Å². The lowest BCUT2D eigenvalue weighted by Gasteiger charge is -2.28. The molecular formula is C19H23F3N2O7S. The van der Waals surface area contributed by atoms with Crippen molar-refractivity contribution < 1.29 is 45.8 Å². The van der Waals surface area contributed by atoms with Crippen molar-refractivity contribution in [2.24, 2.45) is 5.92 Å². The molecule has 1 amide bonds. The third kappa shape index (κ3) is 7.79. The maximum atomic E-state index is 12.7. The summed E-state index contributed by atoms with van der Waals surface area (Å²) >= 11 is 0. The molecule has 32 heavy (non-hydrogen) atoms. The second-order valence-electron chi connectivity index (χ2n) is 7.37. The van der Waals surface area contributed by atoms with Crippen molar-refractivity contribution >= 4 is 28.2 Å². The van der Waals surface area contributed by atoms with E-state index in [0.717, 1.165) is 43.9 Å². The van der Waals surface area contributed by atoms with Crippen molar-refractivity contribution in [2.45, 2.75) is 62.2 Å². The summed E-state index contributed by atoms with van der Waals surface area (Å²) in [7, 11) is -4.65. The second kappa shape index (κ2) is 10.8. The Kier molecular flexibility index (Phi) is 8.61. The number of hydrogen-bond donors (Lipinski definition) is 2. The third-order valence-corrected chi connectivity index (χ3v) is 6.26. The molecule has 1 saturated carbocycles. The molecule has 178 valence electrons. The van der Waals surface area contributed by atoms with Gasteiger partial charge in [0, 0.05) is 12.5 Å². The number of benzene rings is 1. The lowest BCUT2D eigenvalue weighted by molar-refractivity contribution is -0.274. The standard InChI is InChI=1S/C19H23F3N2O7S/c20-19(21,22)31-15-6-3-7-16(11-15)32(29,30)23-24(14(12-25)10-18(27)28)17(26)9-8-13-4-1-2-5-13/h3,6-7,11-14,23H,1-2,4-5,8-10H2,(H,27,28)/t14-/m0/s1. The number of carbonyl (C=O) groups excluding carboxylic acids is 2. The van der Waals surface area contributed by atoms with Gasteiger partial charge in [-0.2, -0.15) is 0 Å². The fourth-order valence-electron chi connectivity index (χ4n) is 3.45. The maximum absolute atomic E-state index is 12.7. The third-order valence-electron chi connectivity index (χ3n) is 4.95. The van der Waals surface area contributed by atoms with E-state index < -0.39 is 51.4 Å². The van der Waals surface area contributed by atoms with Gasteiger partial charge in [-0.25, -0.2) is 8.42 Å². The fourth-order valence-corrected chi connectivity index (χ4v) is 4.58. The number of halogens is 3. The second-order valence-corrected chi connectivity index (χ2v) is 9.03. The summed E-state index contributed by atoms with van der Waals surface area (Å²) in [6, 6.07) is 1.78. The Hall–Kier alpha value is -2.67. The number of carbonyl (C=O) groups is 3. The molecule has 0 bridgehead atoms. The Morgan fingerprint density at radius 3 is 2.50 bits per heavy atom. The zero-order valence-electron chi connectivity index (χ0n) is 16.9. The van der Waals surface area contributed by atoms with Crippen LogP contribution < -0.4 is 9.57 Å². The first-order valence-electron chi connectivity index (χ1n) is 9.78. The van der Waals surface area contributed by atoms with E-state index in [2.05, 4.69) is 4.74 Å². The van der Waals surface area contributed by atoms with Crippen molar-refractivity contribution in [1.29, 1.82) is 0 Å². The highest BCUT2D eigenvalue weighted by Gasteiger charge is 2.33. The van der Waals surface area contributed by atoms with Gasteiger partial charge in [0.05, 0.1) is 11.3 Å². The highest BCUT2D eigenvalue weighted by molar-refractivity contribution is 7.89. The van der Waals surface area contributed by atoms with Crippen molar-refractivity contribution in [3.63, 3.8) is 0 Å². The Labute approximate surface area is 182 Å². The number of nitrogens with zero attached hydrogens (tertiary/aromatic N) is 1. The van der Waals surface area contributed by atoms with E-state index in [1.165, 1.54) is 0 Å². The smallest absolute Gasteiger partial charge is 0.481 e. The molecule has 2 rings (SSSR count). The number of amides is 1. The van der Waals surface area contributed by atoms with Crippen molar-refractivity contribution in [2.75, 3.05) is 0 Å². The molecule has 0 spiro atoms. The van der Waals surface area contributed by atoms with Gasteiger partial charge in [0.15, 0.2) is 0 Å². The van der Waals surface area contributed by atoms with Crippen LogP contribution in [0.1, 0.15) is 44.9 Å². The summed E-state index contributed by atoms with van der Waals surface area (Å²) in [6.45, 7) is 0. The van der Waals surface area contributed by atoms with Gasteiger partial charge in [-0.15, -0.1) is 18.0 Å². The molecule has 0 aliphatic heterocycles. The first-order valence-corrected chi connectivity index (χ1v) is 11.3. The van der Waals surface area contributed by atoms with Crippen LogP contribution in [-0.2, 0) is 24.4 Å². The number of aldehydes is 1. The van der Waals surface area contributed by atoms with Crippen molar-refractivity contribution in [3.05, 3.63) is 24.3 Å². The highest BCUT2D eigenvalue weighted by Crippen LogP contribution is 2.29. The van der Waals surface area contributed by atoms with Gasteiger partial charge in [-0.1, -0.05) is 31.7 Å². The Morgan fingerprint density at radius 2 is 1.94 bits per heavy atom. The van der Waals surface area contributed by atoms with Gasteiger partial charge < -0.3 is 14.6 Å². The average molecular weight is 480 g/mol. The first-order chi connectivity index (χ1) is 14.9. The van der Waals surface area contributed by atoms with Gasteiger partial charge in [-0.3, -0.25) is 14.6 Å². The summed E-state index contributed by atoms with van der Waals surface area (Å²) in [6.07, 6.45) is -1.63. The van der Waals surface area contributed by atoms with E-state index in [-0.39, 0.29) is 18.6 Å². The molecule has 1 aromatic rings. The maximum Gasteiger partial charge on any atom is 0.573 e. The quantitative estimate of drug-likeness (QED) is 0.368. The highest BCUT2D eigenvalue weighted by atomic mass is 32.2. The van der Waals surface area contributed by atoms with Gasteiger partial charge in [0.25, 0.3) is 10.0 Å². The molecule has 0 saturated heterocycles. The number of nitrogens with one attached hydrogen (secondary N) is 1. The van der Waals surface area contributed by atoms with E-state index >= 15 is 0 Å². The Morgan fingerprint density at radius 1 is 1.28 bits per heavy atom. The first kappa shape index (κ1) is 25.6. The zero-order valence-corrected chi connectivity index (χ0v) is 17.7. The fraction of sp³-hybridized carbons (Fsp3) is 0.526. The molecule has 0 heterocycles. The van der Waals surface area contributed by atoms with E-state index in [1.807, 2.05) is 4.83 Å². The summed E-state index contributed by atoms with van der Waals surface area (Å²) < 4.78 is 66.5. The predicted octanol–water partition coefficient (Wildman–Crippen LogP) is 2.62. The molecule has 1 aromatic carbocycles. The minimum Gasteiger partial charge on any atom is -0.481 e. The largest absolute Gasteiger partial charge is 0.573 e. The number of sulfonamides is 1. The molecule has 2 N–H and O–H groups in total. The van der Waals surface area contributed by atoms with Crippen LogP contribution in [0.5, 0.6) is 5.75 Å². The summed E-state index contributed by atoms with van der Waals surface area (Å²) in [5.41, 5.74) is 0. The van der Waals surface area contributed by atoms with Gasteiger partial charge in [0.2, 0.25) is 5.91 Å². The molecule has 0 radical (unpaired) electrons. The zero-order chi connectivity index (χ0) is 23.9. The van der Waals surface area contributed by atoms with Crippen LogP contribution >= 0.6 is 0 Å². The number of carboxylic acids is 1. The molecular weight excluding hydrogens is 457 g/mol. The average Bonchev–Trinajstić information content (AvgIpc) is 3.21. The SMILES string of the molecule is O=C[C@H](CC(=O)O)N(NS(=O)(=O)c1cccc(OC(F)(F)F)c1)C(=O)CCC1CCCC1. The van der Waals surface area contributed by atoms with Gasteiger partial charge in [-0.05, 0) is 24.5 Å². The molecule has 1 aliphatic rings. The van der Waals surface area contributed by atoms with E-state index in [1.54, 1.807) is 0 Å². The number of carboxylic acid groups (broad SMARTS) is 1. The minimum absolute atomic E-state index is 0.118. The van der Waals surface area contributed by atoms with Gasteiger partial charge in [0.1, 0.15) is 18.1 Å². The monoisotopic (exact) mass is 480 g/mol. The Bertz CT molecular complexity index is 931. The minimum atomic E-state index is -5.05. The summed E-state index contributed by atoms with van der Waals surface area (Å²) in [5.74, 6) is -2.81. The van der Waals surface area contributed by atoms with Crippen LogP contribution in [0.4, 0.5) is 13.2 Å².